The summed E-state index contributed by atoms with van der Waals surface area (Å²) in [5.41, 5.74) is 2.89. The normalized spacial score (nSPS) is 23.4. The summed E-state index contributed by atoms with van der Waals surface area (Å²) in [7, 11) is 0. The second-order valence-corrected chi connectivity index (χ2v) is 6.44. The highest BCUT2D eigenvalue weighted by molar-refractivity contribution is 5.24. The van der Waals surface area contributed by atoms with Gasteiger partial charge in [-0.05, 0) is 37.2 Å². The smallest absolute Gasteiger partial charge is 0.230 e. The topological polar surface area (TPSA) is 48.2 Å². The third-order valence-electron chi connectivity index (χ3n) is 4.94. The Labute approximate surface area is 124 Å². The molecule has 0 N–H and O–H groups in total. The van der Waals surface area contributed by atoms with Gasteiger partial charge in [-0.3, -0.25) is 0 Å². The third kappa shape index (κ3) is 2.48. The largest absolute Gasteiger partial charge is 0.381 e. The van der Waals surface area contributed by atoms with E-state index in [1.807, 2.05) is 0 Å². The Morgan fingerprint density at radius 2 is 1.95 bits per heavy atom. The van der Waals surface area contributed by atoms with Crippen molar-refractivity contribution in [1.29, 1.82) is 0 Å². The highest BCUT2D eigenvalue weighted by atomic mass is 16.5. The van der Waals surface area contributed by atoms with Crippen LogP contribution >= 0.6 is 0 Å². The Morgan fingerprint density at radius 1 is 1.19 bits per heavy atom. The molecular weight excluding hydrogens is 264 g/mol. The van der Waals surface area contributed by atoms with E-state index in [1.165, 1.54) is 17.5 Å². The van der Waals surface area contributed by atoms with Crippen molar-refractivity contribution in [2.24, 2.45) is 5.41 Å². The predicted molar refractivity (Wildman–Crippen MR) is 78.1 cm³/mol. The molecule has 0 radical (unpaired) electrons. The van der Waals surface area contributed by atoms with Gasteiger partial charge in [-0.25, -0.2) is 0 Å². The molecule has 1 aliphatic carbocycles. The van der Waals surface area contributed by atoms with Crippen LogP contribution in [0.5, 0.6) is 0 Å². The first-order chi connectivity index (χ1) is 10.3. The SMILES string of the molecule is Cc1ccc(Cc2noc(C3CC34CCOCC4)n2)cc1. The molecular formula is C17H20N2O2. The first-order valence-electron chi connectivity index (χ1n) is 7.71. The van der Waals surface area contributed by atoms with Gasteiger partial charge < -0.3 is 9.26 Å². The Balaban J connectivity index is 1.45. The van der Waals surface area contributed by atoms with Gasteiger partial charge in [-0.15, -0.1) is 0 Å². The number of hydrogen-bond acceptors (Lipinski definition) is 4. The van der Waals surface area contributed by atoms with Crippen LogP contribution in [0.15, 0.2) is 28.8 Å². The maximum Gasteiger partial charge on any atom is 0.230 e. The second kappa shape index (κ2) is 4.95. The molecule has 4 heteroatoms. The summed E-state index contributed by atoms with van der Waals surface area (Å²) in [6.07, 6.45) is 4.19. The van der Waals surface area contributed by atoms with Gasteiger partial charge >= 0.3 is 0 Å². The number of aryl methyl sites for hydroxylation is 1. The van der Waals surface area contributed by atoms with Crippen LogP contribution in [0.1, 0.15) is 48.0 Å². The van der Waals surface area contributed by atoms with Crippen LogP contribution in [0.3, 0.4) is 0 Å². The number of aromatic nitrogens is 2. The van der Waals surface area contributed by atoms with Gasteiger partial charge in [0, 0.05) is 25.6 Å². The molecule has 2 fully saturated rings. The van der Waals surface area contributed by atoms with Gasteiger partial charge in [-0.2, -0.15) is 4.98 Å². The number of benzene rings is 1. The summed E-state index contributed by atoms with van der Waals surface area (Å²) in [6, 6.07) is 8.49. The second-order valence-electron chi connectivity index (χ2n) is 6.44. The summed E-state index contributed by atoms with van der Waals surface area (Å²) >= 11 is 0. The molecule has 110 valence electrons. The summed E-state index contributed by atoms with van der Waals surface area (Å²) in [5.74, 6) is 2.09. The Bertz CT molecular complexity index is 626. The molecule has 21 heavy (non-hydrogen) atoms. The third-order valence-corrected chi connectivity index (χ3v) is 4.94. The van der Waals surface area contributed by atoms with E-state index in [9.17, 15) is 0 Å². The van der Waals surface area contributed by atoms with E-state index in [0.29, 0.717) is 11.3 Å². The Hall–Kier alpha value is -1.68. The molecule has 1 unspecified atom stereocenters. The summed E-state index contributed by atoms with van der Waals surface area (Å²) in [6.45, 7) is 3.85. The lowest BCUT2D eigenvalue weighted by atomic mass is 9.94. The molecule has 1 saturated carbocycles. The summed E-state index contributed by atoms with van der Waals surface area (Å²) in [4.78, 5) is 4.62. The van der Waals surface area contributed by atoms with Crippen LogP contribution in [0.4, 0.5) is 0 Å². The predicted octanol–water partition coefficient (Wildman–Crippen LogP) is 3.25. The zero-order valence-electron chi connectivity index (χ0n) is 12.3. The Kier molecular flexibility index (Phi) is 3.07. The van der Waals surface area contributed by atoms with Crippen molar-refractivity contribution < 1.29 is 9.26 Å². The van der Waals surface area contributed by atoms with Crippen LogP contribution in [0.2, 0.25) is 0 Å². The average Bonchev–Trinajstić information content (AvgIpc) is 2.98. The zero-order valence-corrected chi connectivity index (χ0v) is 12.3. The lowest BCUT2D eigenvalue weighted by Gasteiger charge is -2.21. The lowest BCUT2D eigenvalue weighted by Crippen LogP contribution is -2.18. The van der Waals surface area contributed by atoms with Crippen molar-refractivity contribution in [3.8, 4) is 0 Å². The van der Waals surface area contributed by atoms with Gasteiger partial charge in [0.05, 0.1) is 0 Å². The van der Waals surface area contributed by atoms with Gasteiger partial charge in [0.15, 0.2) is 5.82 Å². The van der Waals surface area contributed by atoms with E-state index >= 15 is 0 Å². The fourth-order valence-electron chi connectivity index (χ4n) is 3.40. The molecule has 2 aromatic rings. The average molecular weight is 284 g/mol. The van der Waals surface area contributed by atoms with Crippen LogP contribution in [-0.2, 0) is 11.2 Å². The number of nitrogens with zero attached hydrogens (tertiary/aromatic N) is 2. The van der Waals surface area contributed by atoms with Gasteiger partial charge in [0.2, 0.25) is 5.89 Å². The van der Waals surface area contributed by atoms with E-state index in [4.69, 9.17) is 9.26 Å². The van der Waals surface area contributed by atoms with Crippen LogP contribution < -0.4 is 0 Å². The molecule has 0 amide bonds. The Morgan fingerprint density at radius 3 is 2.71 bits per heavy atom. The maximum atomic E-state index is 5.51. The molecule has 2 heterocycles. The molecule has 1 aromatic heterocycles. The minimum absolute atomic E-state index is 0.395. The summed E-state index contributed by atoms with van der Waals surface area (Å²) < 4.78 is 11.0. The van der Waals surface area contributed by atoms with Crippen molar-refractivity contribution >= 4 is 0 Å². The van der Waals surface area contributed by atoms with Gasteiger partial charge in [0.25, 0.3) is 0 Å². The molecule has 4 nitrogen and oxygen atoms in total. The van der Waals surface area contributed by atoms with Crippen molar-refractivity contribution in [3.63, 3.8) is 0 Å². The van der Waals surface area contributed by atoms with Crippen molar-refractivity contribution in [2.45, 2.75) is 38.5 Å². The molecule has 2 aliphatic rings. The number of ether oxygens (including phenoxy) is 1. The highest BCUT2D eigenvalue weighted by Gasteiger charge is 2.57. The molecule has 1 saturated heterocycles. The van der Waals surface area contributed by atoms with Crippen molar-refractivity contribution in [1.82, 2.24) is 10.1 Å². The maximum absolute atomic E-state index is 5.51. The monoisotopic (exact) mass is 284 g/mol. The van der Waals surface area contributed by atoms with E-state index in [0.717, 1.165) is 44.2 Å². The molecule has 1 aromatic carbocycles. The van der Waals surface area contributed by atoms with E-state index in [-0.39, 0.29) is 0 Å². The number of rotatable bonds is 3. The highest BCUT2D eigenvalue weighted by Crippen LogP contribution is 2.64. The molecule has 0 bridgehead atoms. The quantitative estimate of drug-likeness (QED) is 0.868. The first-order valence-corrected chi connectivity index (χ1v) is 7.71. The van der Waals surface area contributed by atoms with Gasteiger partial charge in [-0.1, -0.05) is 35.0 Å². The fourth-order valence-corrected chi connectivity index (χ4v) is 3.40. The van der Waals surface area contributed by atoms with Crippen LogP contribution in [0, 0.1) is 12.3 Å². The fraction of sp³-hybridized carbons (Fsp3) is 0.529. The van der Waals surface area contributed by atoms with Crippen molar-refractivity contribution in [3.05, 3.63) is 47.1 Å². The van der Waals surface area contributed by atoms with Gasteiger partial charge in [0.1, 0.15) is 0 Å². The van der Waals surface area contributed by atoms with Crippen LogP contribution in [0.25, 0.3) is 0 Å². The summed E-state index contributed by atoms with van der Waals surface area (Å²) in [5, 5.41) is 4.16. The lowest BCUT2D eigenvalue weighted by molar-refractivity contribution is 0.0544. The van der Waals surface area contributed by atoms with E-state index in [1.54, 1.807) is 0 Å². The van der Waals surface area contributed by atoms with E-state index < -0.39 is 0 Å². The minimum atomic E-state index is 0.395. The zero-order chi connectivity index (χ0) is 14.3. The minimum Gasteiger partial charge on any atom is -0.381 e. The molecule has 1 spiro atoms. The van der Waals surface area contributed by atoms with E-state index in [2.05, 4.69) is 41.3 Å². The van der Waals surface area contributed by atoms with Crippen molar-refractivity contribution in [2.75, 3.05) is 13.2 Å². The molecule has 4 rings (SSSR count). The number of hydrogen-bond donors (Lipinski definition) is 0. The van der Waals surface area contributed by atoms with Crippen LogP contribution in [-0.4, -0.2) is 23.4 Å². The molecule has 1 atom stereocenters. The standard InChI is InChI=1S/C17H20N2O2/c1-12-2-4-13(5-3-12)10-15-18-16(21-19-15)14-11-17(14)6-8-20-9-7-17/h2-5,14H,6-11H2,1H3. The first kappa shape index (κ1) is 13.0. The molecule has 1 aliphatic heterocycles.